The molecule has 112 valence electrons. The van der Waals surface area contributed by atoms with Gasteiger partial charge in [-0.15, -0.1) is 0 Å². The molecule has 1 aromatic heterocycles. The summed E-state index contributed by atoms with van der Waals surface area (Å²) in [6.45, 7) is 7.55. The molecule has 6 heteroatoms. The Bertz CT molecular complexity index is 555. The Hall–Kier alpha value is -2.37. The van der Waals surface area contributed by atoms with Gasteiger partial charge in [0.25, 0.3) is 0 Å². The summed E-state index contributed by atoms with van der Waals surface area (Å²) < 4.78 is 0. The normalized spacial score (nSPS) is 10.5. The third-order valence-electron chi connectivity index (χ3n) is 2.68. The predicted octanol–water partition coefficient (Wildman–Crippen LogP) is 2.74. The summed E-state index contributed by atoms with van der Waals surface area (Å²) in [6, 6.07) is 10.4. The first-order valence-corrected chi connectivity index (χ1v) is 7.21. The second-order valence-corrected chi connectivity index (χ2v) is 4.97. The molecule has 0 saturated carbocycles. The first-order valence-electron chi connectivity index (χ1n) is 7.21. The van der Waals surface area contributed by atoms with Gasteiger partial charge in [-0.25, -0.2) is 0 Å². The molecule has 0 aliphatic heterocycles. The molecule has 0 radical (unpaired) electrons. The highest BCUT2D eigenvalue weighted by atomic mass is 15.3. The number of hydrogen-bond acceptors (Lipinski definition) is 6. The summed E-state index contributed by atoms with van der Waals surface area (Å²) in [7, 11) is 0. The molecule has 0 spiro atoms. The molecule has 1 aromatic carbocycles. The van der Waals surface area contributed by atoms with Crippen molar-refractivity contribution in [2.24, 2.45) is 0 Å². The maximum Gasteiger partial charge on any atom is 0.229 e. The van der Waals surface area contributed by atoms with Crippen molar-refractivity contribution < 1.29 is 0 Å². The third kappa shape index (κ3) is 4.91. The molecule has 0 atom stereocenters. The Morgan fingerprint density at radius 1 is 0.905 bits per heavy atom. The van der Waals surface area contributed by atoms with E-state index in [9.17, 15) is 0 Å². The molecule has 21 heavy (non-hydrogen) atoms. The molecular weight excluding hydrogens is 264 g/mol. The van der Waals surface area contributed by atoms with E-state index in [1.165, 1.54) is 5.56 Å². The molecule has 0 unspecified atom stereocenters. The van der Waals surface area contributed by atoms with Crippen molar-refractivity contribution in [3.8, 4) is 0 Å². The molecule has 0 bridgehead atoms. The van der Waals surface area contributed by atoms with Gasteiger partial charge in [0.2, 0.25) is 17.8 Å². The minimum atomic E-state index is 0.267. The molecular formula is C15H22N6. The zero-order valence-electron chi connectivity index (χ0n) is 12.7. The lowest BCUT2D eigenvalue weighted by atomic mass is 10.2. The second-order valence-electron chi connectivity index (χ2n) is 4.97. The number of rotatable bonds is 7. The minimum absolute atomic E-state index is 0.267. The monoisotopic (exact) mass is 286 g/mol. The van der Waals surface area contributed by atoms with Gasteiger partial charge in [0.15, 0.2) is 0 Å². The number of aromatic nitrogens is 3. The van der Waals surface area contributed by atoms with Gasteiger partial charge in [-0.2, -0.15) is 15.0 Å². The number of benzene rings is 1. The van der Waals surface area contributed by atoms with Crippen molar-refractivity contribution in [3.63, 3.8) is 0 Å². The fraction of sp³-hybridized carbons (Fsp3) is 0.400. The van der Waals surface area contributed by atoms with Gasteiger partial charge in [-0.05, 0) is 26.3 Å². The third-order valence-corrected chi connectivity index (χ3v) is 2.68. The average molecular weight is 286 g/mol. The topological polar surface area (TPSA) is 74.8 Å². The Balaban J connectivity index is 2.11. The van der Waals surface area contributed by atoms with E-state index in [1.807, 2.05) is 39.0 Å². The number of nitrogens with zero attached hydrogens (tertiary/aromatic N) is 3. The molecule has 2 rings (SSSR count). The number of nitrogens with one attached hydrogen (secondary N) is 3. The lowest BCUT2D eigenvalue weighted by molar-refractivity contribution is 0.865. The van der Waals surface area contributed by atoms with Gasteiger partial charge in [-0.1, -0.05) is 30.3 Å². The predicted molar refractivity (Wildman–Crippen MR) is 86.5 cm³/mol. The SMILES string of the molecule is CCNc1nc(NCc2ccccc2)nc(NC(C)C)n1. The lowest BCUT2D eigenvalue weighted by Crippen LogP contribution is -2.16. The second kappa shape index (κ2) is 7.42. The summed E-state index contributed by atoms with van der Waals surface area (Å²) in [5.41, 5.74) is 1.18. The summed E-state index contributed by atoms with van der Waals surface area (Å²) in [4.78, 5) is 13.1. The molecule has 3 N–H and O–H groups in total. The van der Waals surface area contributed by atoms with E-state index in [0.717, 1.165) is 6.54 Å². The molecule has 0 aliphatic carbocycles. The summed E-state index contributed by atoms with van der Waals surface area (Å²) in [6.07, 6.45) is 0. The first kappa shape index (κ1) is 15.0. The average Bonchev–Trinajstić information content (AvgIpc) is 2.46. The van der Waals surface area contributed by atoms with Crippen LogP contribution >= 0.6 is 0 Å². The number of anilines is 3. The fourth-order valence-corrected chi connectivity index (χ4v) is 1.79. The largest absolute Gasteiger partial charge is 0.354 e. The van der Waals surface area contributed by atoms with Crippen LogP contribution in [0.1, 0.15) is 26.3 Å². The Labute approximate surface area is 125 Å². The van der Waals surface area contributed by atoms with Gasteiger partial charge in [0.05, 0.1) is 0 Å². The quantitative estimate of drug-likeness (QED) is 0.726. The zero-order chi connectivity index (χ0) is 15.1. The maximum atomic E-state index is 4.39. The van der Waals surface area contributed by atoms with Crippen LogP contribution in [0.4, 0.5) is 17.8 Å². The van der Waals surface area contributed by atoms with Crippen molar-refractivity contribution in [1.29, 1.82) is 0 Å². The highest BCUT2D eigenvalue weighted by molar-refractivity contribution is 5.42. The lowest BCUT2D eigenvalue weighted by Gasteiger charge is -2.12. The van der Waals surface area contributed by atoms with Crippen LogP contribution in [-0.2, 0) is 6.54 Å². The van der Waals surface area contributed by atoms with Gasteiger partial charge in [0.1, 0.15) is 0 Å². The van der Waals surface area contributed by atoms with E-state index in [-0.39, 0.29) is 6.04 Å². The standard InChI is InChI=1S/C15H22N6/c1-4-16-13-19-14(21-15(20-13)18-11(2)3)17-10-12-8-6-5-7-9-12/h5-9,11H,4,10H2,1-3H3,(H3,16,17,18,19,20,21). The molecule has 0 amide bonds. The smallest absolute Gasteiger partial charge is 0.229 e. The van der Waals surface area contributed by atoms with Gasteiger partial charge in [0, 0.05) is 19.1 Å². The van der Waals surface area contributed by atoms with Crippen LogP contribution in [0.5, 0.6) is 0 Å². The van der Waals surface area contributed by atoms with Crippen LogP contribution in [0, 0.1) is 0 Å². The summed E-state index contributed by atoms with van der Waals surface area (Å²) in [5, 5.41) is 9.55. The molecule has 0 aliphatic rings. The van der Waals surface area contributed by atoms with E-state index in [0.29, 0.717) is 24.4 Å². The van der Waals surface area contributed by atoms with Crippen LogP contribution in [0.3, 0.4) is 0 Å². The van der Waals surface area contributed by atoms with Gasteiger partial charge in [-0.3, -0.25) is 0 Å². The fourth-order valence-electron chi connectivity index (χ4n) is 1.79. The summed E-state index contributed by atoms with van der Waals surface area (Å²) >= 11 is 0. The van der Waals surface area contributed by atoms with Crippen molar-refractivity contribution in [3.05, 3.63) is 35.9 Å². The maximum absolute atomic E-state index is 4.39. The van der Waals surface area contributed by atoms with Crippen molar-refractivity contribution in [2.45, 2.75) is 33.4 Å². The van der Waals surface area contributed by atoms with E-state index in [2.05, 4.69) is 43.0 Å². The van der Waals surface area contributed by atoms with Crippen LogP contribution in [0.15, 0.2) is 30.3 Å². The number of hydrogen-bond donors (Lipinski definition) is 3. The molecule has 6 nitrogen and oxygen atoms in total. The minimum Gasteiger partial charge on any atom is -0.354 e. The van der Waals surface area contributed by atoms with Crippen LogP contribution in [0.25, 0.3) is 0 Å². The molecule has 0 fully saturated rings. The van der Waals surface area contributed by atoms with E-state index < -0.39 is 0 Å². The zero-order valence-corrected chi connectivity index (χ0v) is 12.7. The Morgan fingerprint density at radius 2 is 1.52 bits per heavy atom. The Kier molecular flexibility index (Phi) is 5.31. The molecule has 2 aromatic rings. The van der Waals surface area contributed by atoms with Crippen molar-refractivity contribution in [2.75, 3.05) is 22.5 Å². The van der Waals surface area contributed by atoms with Crippen LogP contribution in [-0.4, -0.2) is 27.5 Å². The van der Waals surface area contributed by atoms with E-state index in [4.69, 9.17) is 0 Å². The highest BCUT2D eigenvalue weighted by Crippen LogP contribution is 2.11. The molecule has 1 heterocycles. The van der Waals surface area contributed by atoms with Crippen molar-refractivity contribution in [1.82, 2.24) is 15.0 Å². The van der Waals surface area contributed by atoms with E-state index >= 15 is 0 Å². The van der Waals surface area contributed by atoms with Crippen molar-refractivity contribution >= 4 is 17.8 Å². The van der Waals surface area contributed by atoms with E-state index in [1.54, 1.807) is 0 Å². The molecule has 0 saturated heterocycles. The Morgan fingerprint density at radius 3 is 2.14 bits per heavy atom. The van der Waals surface area contributed by atoms with Gasteiger partial charge < -0.3 is 16.0 Å². The first-order chi connectivity index (χ1) is 10.2. The summed E-state index contributed by atoms with van der Waals surface area (Å²) in [5.74, 6) is 1.71. The van der Waals surface area contributed by atoms with Crippen LogP contribution in [0.2, 0.25) is 0 Å². The van der Waals surface area contributed by atoms with Crippen LogP contribution < -0.4 is 16.0 Å². The van der Waals surface area contributed by atoms with Gasteiger partial charge >= 0.3 is 0 Å². The highest BCUT2D eigenvalue weighted by Gasteiger charge is 2.06.